The molecule has 3 heterocycles. The molecule has 12 heteroatoms. The molecule has 0 saturated carbocycles. The maximum Gasteiger partial charge on any atom is 0.277 e. The van der Waals surface area contributed by atoms with E-state index in [0.29, 0.717) is 6.54 Å². The molecule has 0 fully saturated rings. The van der Waals surface area contributed by atoms with Gasteiger partial charge in [0, 0.05) is 0 Å². The van der Waals surface area contributed by atoms with E-state index in [9.17, 15) is 9.59 Å². The van der Waals surface area contributed by atoms with Crippen molar-refractivity contribution >= 4 is 21.8 Å². The standard InChI is InChI=1S/C17H16N10O2/c1-10(3-4-18)26-16(28)12-7-15-13(8-14(12)21-23-26)17(29)27(24-22-15)11(2)9-25-19-5-6-20-25/h5-8,10-11H,3,9H2,1-2H3/t10?,11-/m1/s1. The van der Waals surface area contributed by atoms with Crippen molar-refractivity contribution < 1.29 is 0 Å². The summed E-state index contributed by atoms with van der Waals surface area (Å²) in [4.78, 5) is 27.1. The zero-order valence-electron chi connectivity index (χ0n) is 15.7. The predicted octanol–water partition coefficient (Wildman–Crippen LogP) is 0.224. The van der Waals surface area contributed by atoms with Crippen LogP contribution in [0.5, 0.6) is 0 Å². The van der Waals surface area contributed by atoms with E-state index in [0.717, 1.165) is 4.68 Å². The second kappa shape index (κ2) is 7.19. The van der Waals surface area contributed by atoms with Crippen molar-refractivity contribution in [3.05, 3.63) is 45.2 Å². The summed E-state index contributed by atoms with van der Waals surface area (Å²) in [5, 5.41) is 33.5. The molecule has 0 saturated heterocycles. The van der Waals surface area contributed by atoms with Gasteiger partial charge >= 0.3 is 0 Å². The molecule has 0 aliphatic heterocycles. The fraction of sp³-hybridized carbons (Fsp3) is 0.353. The van der Waals surface area contributed by atoms with E-state index in [1.54, 1.807) is 26.2 Å². The molecule has 0 bridgehead atoms. The van der Waals surface area contributed by atoms with E-state index >= 15 is 0 Å². The van der Waals surface area contributed by atoms with E-state index in [2.05, 4.69) is 30.8 Å². The van der Waals surface area contributed by atoms with Gasteiger partial charge in [0.15, 0.2) is 0 Å². The predicted molar refractivity (Wildman–Crippen MR) is 101 cm³/mol. The van der Waals surface area contributed by atoms with Gasteiger partial charge in [0.25, 0.3) is 11.1 Å². The summed E-state index contributed by atoms with van der Waals surface area (Å²) in [6, 6.07) is 4.22. The molecular formula is C17H16N10O2. The minimum atomic E-state index is -0.420. The van der Waals surface area contributed by atoms with Crippen LogP contribution in [0.2, 0.25) is 0 Å². The van der Waals surface area contributed by atoms with Crippen LogP contribution in [-0.4, -0.2) is 45.0 Å². The molecule has 1 unspecified atom stereocenters. The molecule has 3 aromatic heterocycles. The van der Waals surface area contributed by atoms with Gasteiger partial charge in [-0.1, -0.05) is 10.4 Å². The molecule has 0 amide bonds. The van der Waals surface area contributed by atoms with E-state index in [-0.39, 0.29) is 39.8 Å². The fourth-order valence-corrected chi connectivity index (χ4v) is 3.05. The zero-order chi connectivity index (χ0) is 20.5. The first-order valence-electron chi connectivity index (χ1n) is 8.89. The fourth-order valence-electron chi connectivity index (χ4n) is 3.05. The second-order valence-electron chi connectivity index (χ2n) is 6.71. The van der Waals surface area contributed by atoms with Crippen molar-refractivity contribution in [3.8, 4) is 6.07 Å². The Hall–Kier alpha value is -4.01. The lowest BCUT2D eigenvalue weighted by Crippen LogP contribution is -2.30. The lowest BCUT2D eigenvalue weighted by atomic mass is 10.1. The topological polar surface area (TPSA) is 150 Å². The number of hydrogen-bond donors (Lipinski definition) is 0. The first-order chi connectivity index (χ1) is 14.0. The van der Waals surface area contributed by atoms with Crippen LogP contribution in [0.3, 0.4) is 0 Å². The summed E-state index contributed by atoms with van der Waals surface area (Å²) < 4.78 is 2.41. The molecule has 12 nitrogen and oxygen atoms in total. The highest BCUT2D eigenvalue weighted by atomic mass is 16.1. The minimum absolute atomic E-state index is 0.126. The lowest BCUT2D eigenvalue weighted by molar-refractivity contribution is 0.358. The summed E-state index contributed by atoms with van der Waals surface area (Å²) in [7, 11) is 0. The van der Waals surface area contributed by atoms with Crippen molar-refractivity contribution in [1.82, 2.24) is 45.0 Å². The van der Waals surface area contributed by atoms with Gasteiger partial charge in [-0.3, -0.25) is 9.59 Å². The lowest BCUT2D eigenvalue weighted by Gasteiger charge is -2.13. The normalized spacial score (nSPS) is 13.4. The molecule has 146 valence electrons. The van der Waals surface area contributed by atoms with Crippen molar-refractivity contribution in [1.29, 1.82) is 5.26 Å². The van der Waals surface area contributed by atoms with Crippen LogP contribution in [0.1, 0.15) is 32.4 Å². The quantitative estimate of drug-likeness (QED) is 0.434. The van der Waals surface area contributed by atoms with Crippen molar-refractivity contribution in [2.75, 3.05) is 0 Å². The molecule has 29 heavy (non-hydrogen) atoms. The Morgan fingerprint density at radius 2 is 1.45 bits per heavy atom. The van der Waals surface area contributed by atoms with Gasteiger partial charge in [0.1, 0.15) is 11.0 Å². The molecule has 0 spiro atoms. The number of rotatable bonds is 5. The highest BCUT2D eigenvalue weighted by molar-refractivity contribution is 5.93. The maximum absolute atomic E-state index is 12.9. The van der Waals surface area contributed by atoms with E-state index < -0.39 is 11.6 Å². The number of nitrogens with zero attached hydrogens (tertiary/aromatic N) is 10. The molecule has 0 N–H and O–H groups in total. The Balaban J connectivity index is 1.82. The zero-order valence-corrected chi connectivity index (χ0v) is 15.7. The third-order valence-corrected chi connectivity index (χ3v) is 4.60. The van der Waals surface area contributed by atoms with Crippen LogP contribution in [0, 0.1) is 11.3 Å². The molecule has 0 radical (unpaired) electrons. The Morgan fingerprint density at radius 3 is 1.97 bits per heavy atom. The van der Waals surface area contributed by atoms with Crippen molar-refractivity contribution in [2.45, 2.75) is 38.9 Å². The highest BCUT2D eigenvalue weighted by Crippen LogP contribution is 2.16. The summed E-state index contributed by atoms with van der Waals surface area (Å²) in [6.07, 6.45) is 3.23. The largest absolute Gasteiger partial charge is 0.277 e. The minimum Gasteiger partial charge on any atom is -0.267 e. The number of nitriles is 1. The first-order valence-corrected chi connectivity index (χ1v) is 8.89. The van der Waals surface area contributed by atoms with Gasteiger partial charge in [-0.15, -0.1) is 10.2 Å². The Kier molecular flexibility index (Phi) is 4.55. The van der Waals surface area contributed by atoms with Crippen LogP contribution >= 0.6 is 0 Å². The molecule has 1 aromatic carbocycles. The van der Waals surface area contributed by atoms with Crippen LogP contribution in [0.15, 0.2) is 34.1 Å². The van der Waals surface area contributed by atoms with E-state index in [4.69, 9.17) is 5.26 Å². The molecule has 4 aromatic rings. The van der Waals surface area contributed by atoms with Crippen LogP contribution < -0.4 is 11.1 Å². The van der Waals surface area contributed by atoms with E-state index in [1.165, 1.54) is 21.6 Å². The van der Waals surface area contributed by atoms with Gasteiger partial charge in [0.2, 0.25) is 0 Å². The number of fused-ring (bicyclic) bond motifs is 2. The van der Waals surface area contributed by atoms with Gasteiger partial charge in [-0.2, -0.15) is 20.3 Å². The summed E-state index contributed by atoms with van der Waals surface area (Å²) in [6.45, 7) is 3.86. The van der Waals surface area contributed by atoms with Gasteiger partial charge < -0.3 is 0 Å². The average molecular weight is 392 g/mol. The first kappa shape index (κ1) is 18.4. The monoisotopic (exact) mass is 392 g/mol. The second-order valence-corrected chi connectivity index (χ2v) is 6.71. The maximum atomic E-state index is 12.9. The van der Waals surface area contributed by atoms with Crippen LogP contribution in [-0.2, 0) is 6.54 Å². The SMILES string of the molecule is CC(CC#N)n1nnc2cc3c(=O)n([C@H](C)Cn4nccn4)nnc3cc2c1=O. The van der Waals surface area contributed by atoms with Gasteiger partial charge in [-0.05, 0) is 26.0 Å². The number of aromatic nitrogens is 9. The Morgan fingerprint density at radius 1 is 0.931 bits per heavy atom. The van der Waals surface area contributed by atoms with Crippen molar-refractivity contribution in [3.63, 3.8) is 0 Å². The Labute approximate surface area is 163 Å². The molecule has 4 rings (SSSR count). The number of hydrogen-bond acceptors (Lipinski definition) is 9. The third-order valence-electron chi connectivity index (χ3n) is 4.60. The third kappa shape index (κ3) is 3.22. The van der Waals surface area contributed by atoms with Crippen molar-refractivity contribution in [2.24, 2.45) is 0 Å². The summed E-state index contributed by atoms with van der Waals surface area (Å²) in [5.41, 5.74) is -0.196. The molecule has 0 aliphatic carbocycles. The summed E-state index contributed by atoms with van der Waals surface area (Å²) in [5.74, 6) is 0. The highest BCUT2D eigenvalue weighted by Gasteiger charge is 2.17. The molecular weight excluding hydrogens is 376 g/mol. The van der Waals surface area contributed by atoms with Gasteiger partial charge in [0.05, 0.1) is 54.3 Å². The number of benzene rings is 1. The Bertz CT molecular complexity index is 1350. The molecule has 0 aliphatic rings. The van der Waals surface area contributed by atoms with Crippen LogP contribution in [0.4, 0.5) is 0 Å². The molecule has 2 atom stereocenters. The van der Waals surface area contributed by atoms with Gasteiger partial charge in [-0.25, -0.2) is 9.36 Å². The average Bonchev–Trinajstić information content (AvgIpc) is 3.21. The van der Waals surface area contributed by atoms with E-state index in [1.807, 2.05) is 6.07 Å². The van der Waals surface area contributed by atoms with Crippen LogP contribution in [0.25, 0.3) is 21.8 Å². The smallest absolute Gasteiger partial charge is 0.267 e. The summed E-state index contributed by atoms with van der Waals surface area (Å²) >= 11 is 0.